The van der Waals surface area contributed by atoms with E-state index in [0.29, 0.717) is 22.6 Å². The number of carboxylic acids is 1. The van der Waals surface area contributed by atoms with Crippen LogP contribution in [-0.4, -0.2) is 68.2 Å². The molecule has 222 valence electrons. The van der Waals surface area contributed by atoms with Crippen molar-refractivity contribution in [3.8, 4) is 21.8 Å². The molecule has 1 aliphatic heterocycles. The lowest BCUT2D eigenvalue weighted by Gasteiger charge is -2.41. The molecule has 2 atom stereocenters. The number of aryl methyl sites for hydroxylation is 1. The fourth-order valence-electron chi connectivity index (χ4n) is 5.51. The number of ether oxygens (including phenoxy) is 1. The zero-order valence-corrected chi connectivity index (χ0v) is 26.8. The highest BCUT2D eigenvalue weighted by molar-refractivity contribution is 7.22. The van der Waals surface area contributed by atoms with Gasteiger partial charge in [0.2, 0.25) is 5.95 Å². The van der Waals surface area contributed by atoms with Crippen molar-refractivity contribution in [1.29, 1.82) is 0 Å². The van der Waals surface area contributed by atoms with Gasteiger partial charge in [0.05, 0.1) is 15.8 Å². The monoisotopic (exact) mass is 607 g/mol. The van der Waals surface area contributed by atoms with Gasteiger partial charge in [-0.15, -0.1) is 11.3 Å². The molecule has 4 aromatic rings. The summed E-state index contributed by atoms with van der Waals surface area (Å²) < 4.78 is 7.01. The number of aliphatic carboxylic acids is 1. The Morgan fingerprint density at radius 3 is 2.48 bits per heavy atom. The summed E-state index contributed by atoms with van der Waals surface area (Å²) in [5.74, 6) is -0.346. The number of hydrogen-bond donors (Lipinski definition) is 1. The van der Waals surface area contributed by atoms with Gasteiger partial charge in [-0.25, -0.2) is 19.7 Å². The Bertz CT molecular complexity index is 1600. The number of carboxylic acid groups (broad SMARTS) is 1. The first-order chi connectivity index (χ1) is 19.8. The third-order valence-electron chi connectivity index (χ3n) is 7.53. The molecule has 10 heteroatoms. The Kier molecular flexibility index (Phi) is 8.58. The smallest absolute Gasteiger partial charge is 0.337 e. The van der Waals surface area contributed by atoms with Crippen molar-refractivity contribution in [2.75, 3.05) is 24.5 Å². The van der Waals surface area contributed by atoms with Crippen LogP contribution in [0.5, 0.6) is 0 Å². The van der Waals surface area contributed by atoms with Gasteiger partial charge in [0, 0.05) is 54.1 Å². The van der Waals surface area contributed by atoms with Crippen LogP contribution in [0.3, 0.4) is 0 Å². The van der Waals surface area contributed by atoms with Gasteiger partial charge in [0.1, 0.15) is 10.7 Å². The van der Waals surface area contributed by atoms with E-state index in [4.69, 9.17) is 26.3 Å². The highest BCUT2D eigenvalue weighted by Crippen LogP contribution is 2.44. The molecule has 8 nitrogen and oxygen atoms in total. The SMILES string of the molecule is Cc1cc2nc(-c3ccnc(N4CCN(C(C)C)C[C@@H]4C)n3)sc2c(-c2ccc(Cl)cc2)c1[C@H](OC(C)(C)C)C(=O)O. The van der Waals surface area contributed by atoms with Crippen LogP contribution in [0.4, 0.5) is 5.95 Å². The molecular formula is C32H38ClN5O3S. The summed E-state index contributed by atoms with van der Waals surface area (Å²) >= 11 is 7.73. The first-order valence-electron chi connectivity index (χ1n) is 14.3. The average molecular weight is 608 g/mol. The Labute approximate surface area is 256 Å². The zero-order valence-electron chi connectivity index (χ0n) is 25.2. The Hall–Kier alpha value is -3.11. The van der Waals surface area contributed by atoms with E-state index in [1.807, 2.05) is 64.1 Å². The second kappa shape index (κ2) is 11.9. The minimum absolute atomic E-state index is 0.282. The van der Waals surface area contributed by atoms with E-state index in [2.05, 4.69) is 35.6 Å². The maximum absolute atomic E-state index is 12.6. The molecule has 0 unspecified atom stereocenters. The molecule has 0 saturated carbocycles. The van der Waals surface area contributed by atoms with Gasteiger partial charge in [-0.3, -0.25) is 4.90 Å². The molecule has 0 aliphatic carbocycles. The largest absolute Gasteiger partial charge is 0.479 e. The predicted molar refractivity (Wildman–Crippen MR) is 171 cm³/mol. The van der Waals surface area contributed by atoms with Gasteiger partial charge in [0.25, 0.3) is 0 Å². The molecule has 0 amide bonds. The molecule has 0 spiro atoms. The van der Waals surface area contributed by atoms with Crippen LogP contribution in [0, 0.1) is 6.92 Å². The molecule has 1 aliphatic rings. The van der Waals surface area contributed by atoms with Gasteiger partial charge in [-0.05, 0) is 83.9 Å². The van der Waals surface area contributed by atoms with Crippen molar-refractivity contribution in [1.82, 2.24) is 19.9 Å². The molecule has 1 fully saturated rings. The van der Waals surface area contributed by atoms with Crippen molar-refractivity contribution >= 4 is 45.1 Å². The molecule has 0 radical (unpaired) electrons. The maximum atomic E-state index is 12.6. The number of nitrogens with zero attached hydrogens (tertiary/aromatic N) is 5. The second-order valence-corrected chi connectivity index (χ2v) is 13.6. The van der Waals surface area contributed by atoms with E-state index in [9.17, 15) is 9.90 Å². The van der Waals surface area contributed by atoms with E-state index in [-0.39, 0.29) is 6.04 Å². The van der Waals surface area contributed by atoms with Crippen molar-refractivity contribution in [3.05, 3.63) is 58.7 Å². The first kappa shape index (κ1) is 30.4. The number of rotatable bonds is 7. The number of halogens is 1. The fraction of sp³-hybridized carbons (Fsp3) is 0.438. The molecule has 5 rings (SSSR count). The van der Waals surface area contributed by atoms with Gasteiger partial charge in [-0.1, -0.05) is 23.7 Å². The number of anilines is 1. The molecule has 2 aromatic carbocycles. The summed E-state index contributed by atoms with van der Waals surface area (Å²) in [6.07, 6.45) is 0.627. The van der Waals surface area contributed by atoms with E-state index < -0.39 is 17.7 Å². The molecule has 1 N–H and O–H groups in total. The van der Waals surface area contributed by atoms with E-state index in [1.165, 1.54) is 11.3 Å². The third kappa shape index (κ3) is 6.29. The number of carbonyl (C=O) groups is 1. The zero-order chi connectivity index (χ0) is 30.3. The van der Waals surface area contributed by atoms with Crippen LogP contribution in [0.1, 0.15) is 58.8 Å². The molecule has 1 saturated heterocycles. The number of hydrogen-bond acceptors (Lipinski definition) is 8. The van der Waals surface area contributed by atoms with Crippen molar-refractivity contribution in [3.63, 3.8) is 0 Å². The van der Waals surface area contributed by atoms with Crippen LogP contribution >= 0.6 is 22.9 Å². The summed E-state index contributed by atoms with van der Waals surface area (Å²) in [7, 11) is 0. The quantitative estimate of drug-likeness (QED) is 0.235. The third-order valence-corrected chi connectivity index (χ3v) is 8.89. The topological polar surface area (TPSA) is 91.7 Å². The second-order valence-electron chi connectivity index (χ2n) is 12.2. The Morgan fingerprint density at radius 2 is 1.86 bits per heavy atom. The number of fused-ring (bicyclic) bond motifs is 1. The lowest BCUT2D eigenvalue weighted by atomic mass is 9.91. The van der Waals surface area contributed by atoms with E-state index in [0.717, 1.165) is 57.2 Å². The van der Waals surface area contributed by atoms with E-state index >= 15 is 0 Å². The minimum atomic E-state index is -1.16. The van der Waals surface area contributed by atoms with Crippen LogP contribution in [-0.2, 0) is 9.53 Å². The molecule has 0 bridgehead atoms. The predicted octanol–water partition coefficient (Wildman–Crippen LogP) is 7.24. The Morgan fingerprint density at radius 1 is 1.14 bits per heavy atom. The summed E-state index contributed by atoms with van der Waals surface area (Å²) in [5, 5.41) is 11.7. The molecular weight excluding hydrogens is 570 g/mol. The summed E-state index contributed by atoms with van der Waals surface area (Å²) in [4.78, 5) is 31.9. The number of piperazine rings is 1. The number of thiazole rings is 1. The molecule has 2 aromatic heterocycles. The molecule has 42 heavy (non-hydrogen) atoms. The van der Waals surface area contributed by atoms with E-state index in [1.54, 1.807) is 6.20 Å². The normalized spacial score (nSPS) is 17.3. The lowest BCUT2D eigenvalue weighted by molar-refractivity contribution is -0.160. The van der Waals surface area contributed by atoms with Crippen LogP contribution < -0.4 is 4.90 Å². The van der Waals surface area contributed by atoms with Gasteiger partial charge < -0.3 is 14.7 Å². The lowest BCUT2D eigenvalue weighted by Crippen LogP contribution is -2.54. The standard InChI is InChI=1S/C32H38ClN5O3S/c1-18(2)37-14-15-38(20(4)17-37)31-34-13-12-23(36-31)29-35-24-16-19(3)25(27(30(39)40)41-32(5,6)7)26(28(24)42-29)21-8-10-22(33)11-9-21/h8-13,16,18,20,27H,14-15,17H2,1-7H3,(H,39,40)/t20-,27-/m0/s1. The Balaban J connectivity index is 1.63. The van der Waals surface area contributed by atoms with Gasteiger partial charge in [0.15, 0.2) is 6.10 Å². The van der Waals surface area contributed by atoms with Crippen LogP contribution in [0.25, 0.3) is 32.0 Å². The van der Waals surface area contributed by atoms with Crippen molar-refractivity contribution in [2.24, 2.45) is 0 Å². The summed E-state index contributed by atoms with van der Waals surface area (Å²) in [6, 6.07) is 12.1. The summed E-state index contributed by atoms with van der Waals surface area (Å²) in [5.41, 5.74) is 3.89. The summed E-state index contributed by atoms with van der Waals surface area (Å²) in [6.45, 7) is 16.9. The van der Waals surface area contributed by atoms with Crippen molar-refractivity contribution in [2.45, 2.75) is 72.3 Å². The maximum Gasteiger partial charge on any atom is 0.337 e. The highest BCUT2D eigenvalue weighted by Gasteiger charge is 2.33. The minimum Gasteiger partial charge on any atom is -0.479 e. The average Bonchev–Trinajstić information content (AvgIpc) is 3.35. The van der Waals surface area contributed by atoms with Crippen molar-refractivity contribution < 1.29 is 14.6 Å². The highest BCUT2D eigenvalue weighted by atomic mass is 35.5. The van der Waals surface area contributed by atoms with Crippen LogP contribution in [0.2, 0.25) is 5.02 Å². The van der Waals surface area contributed by atoms with Gasteiger partial charge in [-0.2, -0.15) is 0 Å². The fourth-order valence-corrected chi connectivity index (χ4v) is 6.73. The van der Waals surface area contributed by atoms with Gasteiger partial charge >= 0.3 is 5.97 Å². The number of aromatic nitrogens is 3. The number of benzene rings is 2. The molecule has 3 heterocycles. The first-order valence-corrected chi connectivity index (χ1v) is 15.5. The van der Waals surface area contributed by atoms with Crippen LogP contribution in [0.15, 0.2) is 42.6 Å².